The van der Waals surface area contributed by atoms with Crippen LogP contribution in [0.1, 0.15) is 58.6 Å². The molecule has 1 aliphatic carbocycles. The SMILES string of the molecule is COc1cc2c(cc1C(N)=O)N(CC1CCC(N)CC1)C(=O)/C2=C\c1[nH]c(C)cc1C. The fraction of sp³-hybridized carbons (Fsp3) is 0.417. The number of carbonyl (C=O) groups is 2. The van der Waals surface area contributed by atoms with Crippen LogP contribution in [0.3, 0.4) is 0 Å². The Morgan fingerprint density at radius 2 is 1.94 bits per heavy atom. The Kier molecular flexibility index (Phi) is 5.62. The standard InChI is InChI=1S/C24H30N4O3/c1-13-8-14(2)27-20(13)9-18-17-11-22(31-3)19(23(26)29)10-21(17)28(24(18)30)12-15-4-6-16(25)7-5-15/h8-11,15-16,27H,4-7,12,25H2,1-3H3,(H2,26,29)/b18-9-. The number of nitrogens with zero attached hydrogens (tertiary/aromatic N) is 1. The van der Waals surface area contributed by atoms with E-state index in [9.17, 15) is 9.59 Å². The Bertz CT molecular complexity index is 1060. The zero-order valence-corrected chi connectivity index (χ0v) is 18.3. The lowest BCUT2D eigenvalue weighted by atomic mass is 9.86. The quantitative estimate of drug-likeness (QED) is 0.642. The van der Waals surface area contributed by atoms with Gasteiger partial charge >= 0.3 is 0 Å². The first-order valence-electron chi connectivity index (χ1n) is 10.8. The van der Waals surface area contributed by atoms with Gasteiger partial charge in [-0.25, -0.2) is 0 Å². The molecule has 1 fully saturated rings. The molecule has 0 spiro atoms. The number of hydrogen-bond donors (Lipinski definition) is 3. The van der Waals surface area contributed by atoms with Crippen molar-refractivity contribution in [2.75, 3.05) is 18.6 Å². The molecule has 1 aromatic carbocycles. The molecule has 0 bridgehead atoms. The Morgan fingerprint density at radius 3 is 2.52 bits per heavy atom. The molecule has 2 aliphatic rings. The van der Waals surface area contributed by atoms with Crippen molar-refractivity contribution in [2.24, 2.45) is 17.4 Å². The van der Waals surface area contributed by atoms with Gasteiger partial charge in [0.15, 0.2) is 0 Å². The minimum Gasteiger partial charge on any atom is -0.496 e. The van der Waals surface area contributed by atoms with Crippen molar-refractivity contribution in [1.82, 2.24) is 4.98 Å². The van der Waals surface area contributed by atoms with Crippen LogP contribution in [0.2, 0.25) is 0 Å². The van der Waals surface area contributed by atoms with E-state index in [-0.39, 0.29) is 17.5 Å². The fourth-order valence-corrected chi connectivity index (χ4v) is 4.73. The first kappa shape index (κ1) is 21.2. The smallest absolute Gasteiger partial charge is 0.259 e. The summed E-state index contributed by atoms with van der Waals surface area (Å²) in [6.07, 6.45) is 5.82. The van der Waals surface area contributed by atoms with Crippen LogP contribution in [0, 0.1) is 19.8 Å². The summed E-state index contributed by atoms with van der Waals surface area (Å²) in [6, 6.07) is 5.74. The van der Waals surface area contributed by atoms with Gasteiger partial charge in [0.1, 0.15) is 5.75 Å². The van der Waals surface area contributed by atoms with E-state index in [1.54, 1.807) is 17.0 Å². The highest BCUT2D eigenvalue weighted by atomic mass is 16.5. The number of carbonyl (C=O) groups excluding carboxylic acids is 2. The zero-order valence-electron chi connectivity index (χ0n) is 18.3. The van der Waals surface area contributed by atoms with Gasteiger partial charge in [-0.05, 0) is 75.3 Å². The van der Waals surface area contributed by atoms with E-state index < -0.39 is 5.91 Å². The second-order valence-electron chi connectivity index (χ2n) is 8.74. The number of aromatic nitrogens is 1. The molecule has 0 saturated heterocycles. The topological polar surface area (TPSA) is 114 Å². The first-order chi connectivity index (χ1) is 14.8. The molecule has 0 unspecified atom stereocenters. The third-order valence-corrected chi connectivity index (χ3v) is 6.45. The molecule has 1 aromatic heterocycles. The molecule has 7 nitrogen and oxygen atoms in total. The monoisotopic (exact) mass is 422 g/mol. The summed E-state index contributed by atoms with van der Waals surface area (Å²) in [5, 5.41) is 0. The number of aryl methyl sites for hydroxylation is 2. The number of H-pyrrole nitrogens is 1. The fourth-order valence-electron chi connectivity index (χ4n) is 4.73. The number of amides is 2. The van der Waals surface area contributed by atoms with Crippen molar-refractivity contribution in [2.45, 2.75) is 45.6 Å². The lowest BCUT2D eigenvalue weighted by molar-refractivity contribution is -0.113. The number of fused-ring (bicyclic) bond motifs is 1. The molecule has 7 heteroatoms. The molecule has 1 aliphatic heterocycles. The van der Waals surface area contributed by atoms with E-state index >= 15 is 0 Å². The van der Waals surface area contributed by atoms with Crippen molar-refractivity contribution < 1.29 is 14.3 Å². The minimum atomic E-state index is -0.580. The summed E-state index contributed by atoms with van der Waals surface area (Å²) in [7, 11) is 1.50. The number of hydrogen-bond acceptors (Lipinski definition) is 4. The summed E-state index contributed by atoms with van der Waals surface area (Å²) in [6.45, 7) is 4.60. The average Bonchev–Trinajstić information content (AvgIpc) is 3.18. The number of benzene rings is 1. The lowest BCUT2D eigenvalue weighted by Crippen LogP contribution is -2.36. The van der Waals surface area contributed by atoms with Gasteiger partial charge in [-0.3, -0.25) is 9.59 Å². The third-order valence-electron chi connectivity index (χ3n) is 6.45. The van der Waals surface area contributed by atoms with Crippen LogP contribution in [0.4, 0.5) is 5.69 Å². The van der Waals surface area contributed by atoms with Crippen LogP contribution < -0.4 is 21.1 Å². The van der Waals surface area contributed by atoms with Crippen LogP contribution in [0.5, 0.6) is 5.75 Å². The molecule has 164 valence electrons. The van der Waals surface area contributed by atoms with Gasteiger partial charge in [0.2, 0.25) is 0 Å². The van der Waals surface area contributed by atoms with Crippen LogP contribution in [0.15, 0.2) is 18.2 Å². The second kappa shape index (κ2) is 8.23. The highest BCUT2D eigenvalue weighted by Gasteiger charge is 2.36. The lowest BCUT2D eigenvalue weighted by Gasteiger charge is -2.30. The first-order valence-corrected chi connectivity index (χ1v) is 10.8. The van der Waals surface area contributed by atoms with Crippen molar-refractivity contribution in [1.29, 1.82) is 0 Å². The summed E-state index contributed by atoms with van der Waals surface area (Å²) < 4.78 is 5.41. The van der Waals surface area contributed by atoms with Crippen molar-refractivity contribution in [3.8, 4) is 5.75 Å². The minimum absolute atomic E-state index is 0.0693. The maximum absolute atomic E-state index is 13.6. The molecule has 4 rings (SSSR count). The second-order valence-corrected chi connectivity index (χ2v) is 8.74. The van der Waals surface area contributed by atoms with Gasteiger partial charge in [-0.15, -0.1) is 0 Å². The van der Waals surface area contributed by atoms with Gasteiger partial charge < -0.3 is 26.1 Å². The highest BCUT2D eigenvalue weighted by Crippen LogP contribution is 2.43. The molecule has 2 heterocycles. The van der Waals surface area contributed by atoms with Crippen LogP contribution >= 0.6 is 0 Å². The average molecular weight is 423 g/mol. The van der Waals surface area contributed by atoms with Crippen molar-refractivity contribution in [3.63, 3.8) is 0 Å². The number of anilines is 1. The molecule has 1 saturated carbocycles. The van der Waals surface area contributed by atoms with Gasteiger partial charge in [0, 0.05) is 29.5 Å². The number of nitrogens with two attached hydrogens (primary N) is 2. The highest BCUT2D eigenvalue weighted by molar-refractivity contribution is 6.36. The molecule has 2 amide bonds. The normalized spacial score (nSPS) is 22.1. The molecule has 0 radical (unpaired) electrons. The summed E-state index contributed by atoms with van der Waals surface area (Å²) >= 11 is 0. The number of ether oxygens (including phenoxy) is 1. The van der Waals surface area contributed by atoms with Crippen LogP contribution in [-0.2, 0) is 4.79 Å². The number of primary amides is 1. The van der Waals surface area contributed by atoms with E-state index in [2.05, 4.69) is 4.98 Å². The van der Waals surface area contributed by atoms with E-state index in [1.807, 2.05) is 26.0 Å². The van der Waals surface area contributed by atoms with E-state index in [4.69, 9.17) is 16.2 Å². The predicted octanol–water partition coefficient (Wildman–Crippen LogP) is 3.14. The number of aromatic amines is 1. The summed E-state index contributed by atoms with van der Waals surface area (Å²) in [5.74, 6) is 0.100. The molecular formula is C24H30N4O3. The predicted molar refractivity (Wildman–Crippen MR) is 122 cm³/mol. The Balaban J connectivity index is 1.79. The Hall–Kier alpha value is -3.06. The molecule has 5 N–H and O–H groups in total. The number of nitrogens with one attached hydrogen (secondary N) is 1. The number of methoxy groups -OCH3 is 1. The van der Waals surface area contributed by atoms with Gasteiger partial charge in [0.05, 0.1) is 23.9 Å². The Labute approximate surface area is 182 Å². The van der Waals surface area contributed by atoms with Crippen LogP contribution in [0.25, 0.3) is 11.6 Å². The van der Waals surface area contributed by atoms with Crippen molar-refractivity contribution in [3.05, 3.63) is 46.3 Å². The van der Waals surface area contributed by atoms with Gasteiger partial charge in [-0.2, -0.15) is 0 Å². The van der Waals surface area contributed by atoms with Gasteiger partial charge in [0.25, 0.3) is 11.8 Å². The molecule has 31 heavy (non-hydrogen) atoms. The third kappa shape index (κ3) is 3.97. The van der Waals surface area contributed by atoms with E-state index in [0.717, 1.165) is 48.2 Å². The summed E-state index contributed by atoms with van der Waals surface area (Å²) in [4.78, 5) is 30.7. The molecule has 0 atom stereocenters. The van der Waals surface area contributed by atoms with E-state index in [0.29, 0.717) is 29.5 Å². The van der Waals surface area contributed by atoms with Gasteiger partial charge in [-0.1, -0.05) is 0 Å². The van der Waals surface area contributed by atoms with E-state index in [1.165, 1.54) is 7.11 Å². The number of rotatable bonds is 5. The van der Waals surface area contributed by atoms with Crippen molar-refractivity contribution >= 4 is 29.2 Å². The maximum atomic E-state index is 13.6. The maximum Gasteiger partial charge on any atom is 0.259 e. The largest absolute Gasteiger partial charge is 0.496 e. The zero-order chi connectivity index (χ0) is 22.3. The summed E-state index contributed by atoms with van der Waals surface area (Å²) in [5.41, 5.74) is 17.0. The molecular weight excluding hydrogens is 392 g/mol. The Morgan fingerprint density at radius 1 is 1.23 bits per heavy atom. The van der Waals surface area contributed by atoms with Crippen LogP contribution in [-0.4, -0.2) is 36.5 Å². The molecule has 2 aromatic rings.